The van der Waals surface area contributed by atoms with Gasteiger partial charge in [-0.2, -0.15) is 5.26 Å². The molecule has 0 amide bonds. The molecule has 1 fully saturated rings. The maximum absolute atomic E-state index is 8.21. The van der Waals surface area contributed by atoms with E-state index in [1.54, 1.807) is 0 Å². The average molecular weight is 140 g/mol. The summed E-state index contributed by atoms with van der Waals surface area (Å²) in [4.78, 5) is 0. The molecule has 56 valence electrons. The second kappa shape index (κ2) is 3.00. The number of ether oxygens (including phenoxy) is 1. The topological polar surface area (TPSA) is 45.0 Å². The first kappa shape index (κ1) is 7.52. The van der Waals surface area contributed by atoms with Crippen molar-refractivity contribution < 1.29 is 4.74 Å². The molecule has 0 aromatic carbocycles. The minimum atomic E-state index is 0.289. The van der Waals surface area contributed by atoms with Gasteiger partial charge in [0.05, 0.1) is 25.8 Å². The van der Waals surface area contributed by atoms with E-state index in [1.165, 1.54) is 0 Å². The molecular weight excluding hydrogens is 128 g/mol. The Morgan fingerprint density at radius 2 is 2.40 bits per heavy atom. The van der Waals surface area contributed by atoms with Crippen LogP contribution < -0.4 is 5.32 Å². The monoisotopic (exact) mass is 140 g/mol. The quantitative estimate of drug-likeness (QED) is 0.448. The Hall–Kier alpha value is -0.590. The zero-order chi connectivity index (χ0) is 7.45. The molecule has 10 heavy (non-hydrogen) atoms. The molecule has 3 nitrogen and oxygen atoms in total. The first-order valence-corrected chi connectivity index (χ1v) is 3.42. The van der Waals surface area contributed by atoms with Crippen molar-refractivity contribution in [3.63, 3.8) is 0 Å². The molecule has 1 saturated heterocycles. The van der Waals surface area contributed by atoms with Gasteiger partial charge in [-0.15, -0.1) is 0 Å². The highest BCUT2D eigenvalue weighted by Gasteiger charge is 2.32. The summed E-state index contributed by atoms with van der Waals surface area (Å²) in [5.74, 6) is 0. The molecule has 1 rings (SSSR count). The van der Waals surface area contributed by atoms with E-state index in [1.807, 2.05) is 6.07 Å². The van der Waals surface area contributed by atoms with E-state index in [0.717, 1.165) is 19.8 Å². The second-order valence-electron chi connectivity index (χ2n) is 3.07. The maximum Gasteiger partial charge on any atom is 0.0841 e. The third-order valence-corrected chi connectivity index (χ3v) is 1.66. The molecule has 3 heteroatoms. The zero-order valence-corrected chi connectivity index (χ0v) is 6.18. The Morgan fingerprint density at radius 3 is 2.80 bits per heavy atom. The Balaban J connectivity index is 2.07. The summed E-state index contributed by atoms with van der Waals surface area (Å²) in [5, 5.41) is 11.2. The van der Waals surface area contributed by atoms with E-state index < -0.39 is 0 Å². The maximum atomic E-state index is 8.21. The van der Waals surface area contributed by atoms with Crippen molar-refractivity contribution in [3.8, 4) is 6.07 Å². The lowest BCUT2D eigenvalue weighted by Crippen LogP contribution is -2.47. The minimum absolute atomic E-state index is 0.289. The van der Waals surface area contributed by atoms with Crippen LogP contribution in [0.5, 0.6) is 0 Å². The zero-order valence-electron chi connectivity index (χ0n) is 6.18. The van der Waals surface area contributed by atoms with Gasteiger partial charge in [0.15, 0.2) is 0 Å². The summed E-state index contributed by atoms with van der Waals surface area (Å²) < 4.78 is 5.05. The Kier molecular flexibility index (Phi) is 2.25. The molecule has 0 radical (unpaired) electrons. The van der Waals surface area contributed by atoms with E-state index in [0.29, 0.717) is 6.54 Å². The SMILES string of the molecule is CC1(CNCC#N)COC1. The van der Waals surface area contributed by atoms with Gasteiger partial charge in [-0.05, 0) is 0 Å². The molecule has 1 N–H and O–H groups in total. The summed E-state index contributed by atoms with van der Waals surface area (Å²) in [6.45, 7) is 5.13. The highest BCUT2D eigenvalue weighted by molar-refractivity contribution is 4.85. The fourth-order valence-electron chi connectivity index (χ4n) is 0.973. The first-order chi connectivity index (χ1) is 4.77. The molecule has 0 spiro atoms. The van der Waals surface area contributed by atoms with Crippen LogP contribution in [0.1, 0.15) is 6.92 Å². The number of hydrogen-bond donors (Lipinski definition) is 1. The van der Waals surface area contributed by atoms with E-state index in [2.05, 4.69) is 12.2 Å². The highest BCUT2D eigenvalue weighted by atomic mass is 16.5. The molecule has 0 aromatic heterocycles. The van der Waals surface area contributed by atoms with E-state index in [-0.39, 0.29) is 5.41 Å². The highest BCUT2D eigenvalue weighted by Crippen LogP contribution is 2.24. The van der Waals surface area contributed by atoms with Crippen molar-refractivity contribution in [2.75, 3.05) is 26.3 Å². The van der Waals surface area contributed by atoms with Crippen LogP contribution in [0.3, 0.4) is 0 Å². The smallest absolute Gasteiger partial charge is 0.0841 e. The Labute approximate surface area is 61.0 Å². The van der Waals surface area contributed by atoms with Gasteiger partial charge < -0.3 is 10.1 Å². The van der Waals surface area contributed by atoms with Crippen LogP contribution >= 0.6 is 0 Å². The normalized spacial score (nSPS) is 21.2. The summed E-state index contributed by atoms with van der Waals surface area (Å²) in [6.07, 6.45) is 0. The van der Waals surface area contributed by atoms with Crippen LogP contribution in [0.4, 0.5) is 0 Å². The standard InChI is InChI=1S/C7H12N2O/c1-7(5-10-6-7)4-9-3-2-8/h9H,3-6H2,1H3. The van der Waals surface area contributed by atoms with E-state index in [9.17, 15) is 0 Å². The summed E-state index contributed by atoms with van der Waals surface area (Å²) in [6, 6.07) is 2.04. The van der Waals surface area contributed by atoms with Crippen molar-refractivity contribution in [2.24, 2.45) is 5.41 Å². The van der Waals surface area contributed by atoms with Crippen molar-refractivity contribution in [1.29, 1.82) is 5.26 Å². The van der Waals surface area contributed by atoms with Gasteiger partial charge >= 0.3 is 0 Å². The van der Waals surface area contributed by atoms with Crippen LogP contribution in [0.25, 0.3) is 0 Å². The molecular formula is C7H12N2O. The lowest BCUT2D eigenvalue weighted by molar-refractivity contribution is -0.0985. The van der Waals surface area contributed by atoms with Crippen molar-refractivity contribution >= 4 is 0 Å². The Morgan fingerprint density at radius 1 is 1.70 bits per heavy atom. The van der Waals surface area contributed by atoms with Gasteiger partial charge in [0.2, 0.25) is 0 Å². The molecule has 1 heterocycles. The predicted molar refractivity (Wildman–Crippen MR) is 37.4 cm³/mol. The predicted octanol–water partition coefficient (Wildman–Crippen LogP) is 0.136. The third kappa shape index (κ3) is 1.69. The molecule has 1 aliphatic rings. The molecule has 0 saturated carbocycles. The molecule has 0 aromatic rings. The van der Waals surface area contributed by atoms with Gasteiger partial charge in [-0.3, -0.25) is 0 Å². The molecule has 0 aliphatic carbocycles. The van der Waals surface area contributed by atoms with Gasteiger partial charge in [-0.25, -0.2) is 0 Å². The van der Waals surface area contributed by atoms with Gasteiger partial charge in [0, 0.05) is 12.0 Å². The number of hydrogen-bond acceptors (Lipinski definition) is 3. The number of nitrogens with one attached hydrogen (secondary N) is 1. The van der Waals surface area contributed by atoms with Crippen LogP contribution in [0.2, 0.25) is 0 Å². The third-order valence-electron chi connectivity index (χ3n) is 1.66. The lowest BCUT2D eigenvalue weighted by atomic mass is 9.89. The lowest BCUT2D eigenvalue weighted by Gasteiger charge is -2.37. The number of nitriles is 1. The van der Waals surface area contributed by atoms with Crippen LogP contribution in [0.15, 0.2) is 0 Å². The van der Waals surface area contributed by atoms with Crippen LogP contribution in [-0.2, 0) is 4.74 Å². The van der Waals surface area contributed by atoms with E-state index >= 15 is 0 Å². The average Bonchev–Trinajstić information content (AvgIpc) is 1.85. The van der Waals surface area contributed by atoms with E-state index in [4.69, 9.17) is 10.00 Å². The van der Waals surface area contributed by atoms with Crippen molar-refractivity contribution in [2.45, 2.75) is 6.92 Å². The van der Waals surface area contributed by atoms with Crippen LogP contribution in [0, 0.1) is 16.7 Å². The molecule has 0 unspecified atom stereocenters. The van der Waals surface area contributed by atoms with Crippen LogP contribution in [-0.4, -0.2) is 26.3 Å². The molecule has 0 bridgehead atoms. The fourth-order valence-corrected chi connectivity index (χ4v) is 0.973. The minimum Gasteiger partial charge on any atom is -0.380 e. The summed E-state index contributed by atoms with van der Waals surface area (Å²) in [5.41, 5.74) is 0.289. The summed E-state index contributed by atoms with van der Waals surface area (Å²) in [7, 11) is 0. The second-order valence-corrected chi connectivity index (χ2v) is 3.07. The largest absolute Gasteiger partial charge is 0.380 e. The Bertz CT molecular complexity index is 146. The number of nitrogens with zero attached hydrogens (tertiary/aromatic N) is 1. The fraction of sp³-hybridized carbons (Fsp3) is 0.857. The first-order valence-electron chi connectivity index (χ1n) is 3.42. The van der Waals surface area contributed by atoms with Crippen molar-refractivity contribution in [3.05, 3.63) is 0 Å². The van der Waals surface area contributed by atoms with Gasteiger partial charge in [-0.1, -0.05) is 6.92 Å². The summed E-state index contributed by atoms with van der Waals surface area (Å²) >= 11 is 0. The number of rotatable bonds is 3. The van der Waals surface area contributed by atoms with Gasteiger partial charge in [0.25, 0.3) is 0 Å². The molecule has 0 atom stereocenters. The molecule has 1 aliphatic heterocycles. The van der Waals surface area contributed by atoms with Crippen molar-refractivity contribution in [1.82, 2.24) is 5.32 Å². The van der Waals surface area contributed by atoms with Gasteiger partial charge in [0.1, 0.15) is 0 Å².